The van der Waals surface area contributed by atoms with Gasteiger partial charge in [-0.05, 0) is 43.8 Å². The Balaban J connectivity index is 1.86. The Morgan fingerprint density at radius 3 is 2.76 bits per heavy atom. The predicted molar refractivity (Wildman–Crippen MR) is 92.7 cm³/mol. The van der Waals surface area contributed by atoms with Crippen molar-refractivity contribution in [1.29, 1.82) is 0 Å². The molecule has 0 aliphatic rings. The first-order valence-electron chi connectivity index (χ1n) is 6.96. The van der Waals surface area contributed by atoms with E-state index in [-0.39, 0.29) is 0 Å². The molecule has 0 unspecified atom stereocenters. The van der Waals surface area contributed by atoms with Crippen LogP contribution >= 0.6 is 22.7 Å². The van der Waals surface area contributed by atoms with Crippen LogP contribution in [0.2, 0.25) is 0 Å². The third kappa shape index (κ3) is 3.01. The third-order valence-corrected chi connectivity index (χ3v) is 5.27. The number of anilines is 2. The molecule has 0 saturated heterocycles. The van der Waals surface area contributed by atoms with Gasteiger partial charge >= 0.3 is 0 Å². The normalized spacial score (nSPS) is 11.0. The van der Waals surface area contributed by atoms with Crippen molar-refractivity contribution in [2.24, 2.45) is 0 Å². The van der Waals surface area contributed by atoms with Gasteiger partial charge in [0.2, 0.25) is 5.95 Å². The SMILES string of the molecule is CCNc1nc(NCc2cc(C)c(C)s2)c2ccsc2n1. The van der Waals surface area contributed by atoms with E-state index in [1.54, 1.807) is 11.3 Å². The molecule has 0 aromatic carbocycles. The summed E-state index contributed by atoms with van der Waals surface area (Å²) in [6, 6.07) is 4.31. The molecule has 0 aliphatic heterocycles. The van der Waals surface area contributed by atoms with Gasteiger partial charge in [0.25, 0.3) is 0 Å². The molecule has 0 saturated carbocycles. The van der Waals surface area contributed by atoms with Gasteiger partial charge < -0.3 is 10.6 Å². The minimum absolute atomic E-state index is 0.688. The average Bonchev–Trinajstić information content (AvgIpc) is 3.04. The molecule has 110 valence electrons. The fraction of sp³-hybridized carbons (Fsp3) is 0.333. The van der Waals surface area contributed by atoms with E-state index in [2.05, 4.69) is 52.0 Å². The van der Waals surface area contributed by atoms with E-state index >= 15 is 0 Å². The van der Waals surface area contributed by atoms with Crippen LogP contribution in [0.15, 0.2) is 17.5 Å². The molecule has 3 rings (SSSR count). The summed E-state index contributed by atoms with van der Waals surface area (Å²) in [4.78, 5) is 12.8. The summed E-state index contributed by atoms with van der Waals surface area (Å²) in [5, 5.41) is 9.79. The van der Waals surface area contributed by atoms with Gasteiger partial charge in [0.1, 0.15) is 10.6 Å². The van der Waals surface area contributed by atoms with Gasteiger partial charge in [0.15, 0.2) is 0 Å². The quantitative estimate of drug-likeness (QED) is 0.731. The van der Waals surface area contributed by atoms with E-state index in [1.807, 2.05) is 18.3 Å². The zero-order chi connectivity index (χ0) is 14.8. The lowest BCUT2D eigenvalue weighted by Crippen LogP contribution is -2.06. The second-order valence-electron chi connectivity index (χ2n) is 4.87. The number of rotatable bonds is 5. The molecule has 0 radical (unpaired) electrons. The van der Waals surface area contributed by atoms with Crippen molar-refractivity contribution in [2.45, 2.75) is 27.3 Å². The van der Waals surface area contributed by atoms with Crippen molar-refractivity contribution in [1.82, 2.24) is 9.97 Å². The largest absolute Gasteiger partial charge is 0.364 e. The number of aromatic nitrogens is 2. The monoisotopic (exact) mass is 318 g/mol. The number of thiophene rings is 2. The van der Waals surface area contributed by atoms with E-state index in [0.29, 0.717) is 5.95 Å². The van der Waals surface area contributed by atoms with Crippen LogP contribution in [-0.2, 0) is 6.54 Å². The Hall–Kier alpha value is -1.66. The number of aryl methyl sites for hydroxylation is 2. The predicted octanol–water partition coefficient (Wildman–Crippen LogP) is 4.41. The second kappa shape index (κ2) is 5.99. The van der Waals surface area contributed by atoms with Crippen LogP contribution in [-0.4, -0.2) is 16.5 Å². The minimum Gasteiger partial charge on any atom is -0.364 e. The number of fused-ring (bicyclic) bond motifs is 1. The highest BCUT2D eigenvalue weighted by Gasteiger charge is 2.09. The lowest BCUT2D eigenvalue weighted by molar-refractivity contribution is 1.09. The first kappa shape index (κ1) is 14.3. The Morgan fingerprint density at radius 1 is 1.19 bits per heavy atom. The van der Waals surface area contributed by atoms with Crippen LogP contribution in [0.3, 0.4) is 0 Å². The number of nitrogens with one attached hydrogen (secondary N) is 2. The second-order valence-corrected chi connectivity index (χ2v) is 7.11. The lowest BCUT2D eigenvalue weighted by Gasteiger charge is -2.08. The molecule has 0 bridgehead atoms. The number of nitrogens with zero attached hydrogens (tertiary/aromatic N) is 2. The molecular weight excluding hydrogens is 300 g/mol. The van der Waals surface area contributed by atoms with E-state index in [1.165, 1.54) is 15.3 Å². The first-order chi connectivity index (χ1) is 10.2. The Morgan fingerprint density at radius 2 is 2.05 bits per heavy atom. The highest BCUT2D eigenvalue weighted by atomic mass is 32.1. The molecule has 6 heteroatoms. The van der Waals surface area contributed by atoms with E-state index in [4.69, 9.17) is 0 Å². The Bertz CT molecular complexity index is 741. The van der Waals surface area contributed by atoms with Crippen molar-refractivity contribution >= 4 is 44.7 Å². The summed E-state index contributed by atoms with van der Waals surface area (Å²) in [5.74, 6) is 1.59. The van der Waals surface area contributed by atoms with Crippen molar-refractivity contribution in [3.63, 3.8) is 0 Å². The molecule has 0 aliphatic carbocycles. The van der Waals surface area contributed by atoms with Gasteiger partial charge in [-0.15, -0.1) is 22.7 Å². The van der Waals surface area contributed by atoms with E-state index in [9.17, 15) is 0 Å². The minimum atomic E-state index is 0.688. The van der Waals surface area contributed by atoms with E-state index in [0.717, 1.165) is 29.1 Å². The number of hydrogen-bond donors (Lipinski definition) is 2. The summed E-state index contributed by atoms with van der Waals surface area (Å²) >= 11 is 3.48. The Kier molecular flexibility index (Phi) is 4.07. The maximum absolute atomic E-state index is 4.59. The van der Waals surface area contributed by atoms with Crippen LogP contribution in [0.4, 0.5) is 11.8 Å². The molecule has 21 heavy (non-hydrogen) atoms. The van der Waals surface area contributed by atoms with Gasteiger partial charge in [-0.2, -0.15) is 4.98 Å². The summed E-state index contributed by atoms with van der Waals surface area (Å²) in [5.41, 5.74) is 1.36. The molecule has 3 aromatic rings. The fourth-order valence-corrected chi connectivity index (χ4v) is 3.89. The average molecular weight is 318 g/mol. The fourth-order valence-electron chi connectivity index (χ4n) is 2.13. The molecule has 0 amide bonds. The van der Waals surface area contributed by atoms with Gasteiger partial charge in [-0.3, -0.25) is 0 Å². The van der Waals surface area contributed by atoms with Gasteiger partial charge in [-0.1, -0.05) is 0 Å². The van der Waals surface area contributed by atoms with Crippen molar-refractivity contribution < 1.29 is 0 Å². The van der Waals surface area contributed by atoms with Crippen molar-refractivity contribution in [3.05, 3.63) is 32.8 Å². The first-order valence-corrected chi connectivity index (χ1v) is 8.66. The maximum atomic E-state index is 4.59. The standard InChI is InChI=1S/C15H18N4S2/c1-4-16-15-18-13(12-5-6-20-14(12)19-15)17-8-11-7-9(2)10(3)21-11/h5-7H,4,8H2,1-3H3,(H2,16,17,18,19). The maximum Gasteiger partial charge on any atom is 0.226 e. The summed E-state index contributed by atoms with van der Waals surface area (Å²) < 4.78 is 0. The zero-order valence-electron chi connectivity index (χ0n) is 12.4. The van der Waals surface area contributed by atoms with Crippen molar-refractivity contribution in [3.8, 4) is 0 Å². The molecule has 3 heterocycles. The molecule has 0 spiro atoms. The molecule has 2 N–H and O–H groups in total. The molecule has 4 nitrogen and oxygen atoms in total. The van der Waals surface area contributed by atoms with Crippen LogP contribution < -0.4 is 10.6 Å². The van der Waals surface area contributed by atoms with Crippen LogP contribution in [0, 0.1) is 13.8 Å². The summed E-state index contributed by atoms with van der Waals surface area (Å²) in [6.45, 7) is 7.98. The zero-order valence-corrected chi connectivity index (χ0v) is 14.0. The van der Waals surface area contributed by atoms with Crippen LogP contribution in [0.1, 0.15) is 22.2 Å². The Labute approximate surface area is 132 Å². The lowest BCUT2D eigenvalue weighted by atomic mass is 10.3. The summed E-state index contributed by atoms with van der Waals surface area (Å²) in [7, 11) is 0. The summed E-state index contributed by atoms with van der Waals surface area (Å²) in [6.07, 6.45) is 0. The van der Waals surface area contributed by atoms with Gasteiger partial charge in [-0.25, -0.2) is 4.98 Å². The van der Waals surface area contributed by atoms with Crippen molar-refractivity contribution in [2.75, 3.05) is 17.2 Å². The highest BCUT2D eigenvalue weighted by molar-refractivity contribution is 7.16. The van der Waals surface area contributed by atoms with Gasteiger partial charge in [0, 0.05) is 16.3 Å². The topological polar surface area (TPSA) is 49.8 Å². The number of hydrogen-bond acceptors (Lipinski definition) is 6. The third-order valence-electron chi connectivity index (χ3n) is 3.31. The molecular formula is C15H18N4S2. The molecule has 0 fully saturated rings. The van der Waals surface area contributed by atoms with Gasteiger partial charge in [0.05, 0.1) is 11.9 Å². The van der Waals surface area contributed by atoms with Crippen LogP contribution in [0.5, 0.6) is 0 Å². The molecule has 0 atom stereocenters. The highest BCUT2D eigenvalue weighted by Crippen LogP contribution is 2.28. The van der Waals surface area contributed by atoms with E-state index < -0.39 is 0 Å². The smallest absolute Gasteiger partial charge is 0.226 e. The van der Waals surface area contributed by atoms with Crippen LogP contribution in [0.25, 0.3) is 10.2 Å². The molecule has 3 aromatic heterocycles.